The Kier molecular flexibility index (Phi) is 6.61. The summed E-state index contributed by atoms with van der Waals surface area (Å²) in [6.07, 6.45) is 7.30. The fourth-order valence-electron chi connectivity index (χ4n) is 2.68. The van der Waals surface area contributed by atoms with E-state index in [-0.39, 0.29) is 11.9 Å². The summed E-state index contributed by atoms with van der Waals surface area (Å²) in [6.45, 7) is 3.35. The lowest BCUT2D eigenvalue weighted by molar-refractivity contribution is -0.121. The van der Waals surface area contributed by atoms with Gasteiger partial charge in [-0.25, -0.2) is 0 Å². The van der Waals surface area contributed by atoms with Gasteiger partial charge in [0.25, 0.3) is 0 Å². The van der Waals surface area contributed by atoms with Crippen LogP contribution in [0.3, 0.4) is 0 Å². The van der Waals surface area contributed by atoms with E-state index in [4.69, 9.17) is 9.47 Å². The molecule has 0 aromatic carbocycles. The number of carbonyl (C=O) groups is 1. The molecule has 0 radical (unpaired) electrons. The average Bonchev–Trinajstić information content (AvgIpc) is 2.92. The maximum Gasteiger partial charge on any atom is 0.234 e. The largest absolute Gasteiger partial charge is 0.381 e. The van der Waals surface area contributed by atoms with E-state index in [2.05, 4.69) is 10.6 Å². The Hall–Kier alpha value is -0.650. The molecule has 5 heteroatoms. The second-order valence-corrected chi connectivity index (χ2v) is 5.41. The summed E-state index contributed by atoms with van der Waals surface area (Å²) < 4.78 is 11.0. The SMILES string of the molecule is O=C(CNCCOC1CCCC1)NC1CCOCC1. The van der Waals surface area contributed by atoms with Gasteiger partial charge >= 0.3 is 0 Å². The predicted octanol–water partition coefficient (Wildman–Crippen LogP) is 0.830. The molecule has 0 bridgehead atoms. The quantitative estimate of drug-likeness (QED) is 0.673. The smallest absolute Gasteiger partial charge is 0.234 e. The van der Waals surface area contributed by atoms with Crippen molar-refractivity contribution in [2.75, 3.05) is 32.9 Å². The van der Waals surface area contributed by atoms with Gasteiger partial charge in [-0.1, -0.05) is 12.8 Å². The Morgan fingerprint density at radius 1 is 1.16 bits per heavy atom. The molecule has 0 atom stereocenters. The Balaban J connectivity index is 1.44. The molecule has 5 nitrogen and oxygen atoms in total. The molecule has 1 saturated heterocycles. The molecular weight excluding hydrogens is 244 g/mol. The summed E-state index contributed by atoms with van der Waals surface area (Å²) in [5.41, 5.74) is 0. The van der Waals surface area contributed by atoms with Gasteiger partial charge in [0.2, 0.25) is 5.91 Å². The monoisotopic (exact) mass is 270 g/mol. The number of carbonyl (C=O) groups excluding carboxylic acids is 1. The van der Waals surface area contributed by atoms with Crippen LogP contribution in [0, 0.1) is 0 Å². The van der Waals surface area contributed by atoms with Gasteiger partial charge in [-0.05, 0) is 25.7 Å². The number of hydrogen-bond acceptors (Lipinski definition) is 4. The predicted molar refractivity (Wildman–Crippen MR) is 73.1 cm³/mol. The molecule has 0 spiro atoms. The minimum atomic E-state index is 0.0766. The van der Waals surface area contributed by atoms with Crippen LogP contribution in [0.5, 0.6) is 0 Å². The van der Waals surface area contributed by atoms with Crippen molar-refractivity contribution in [3.8, 4) is 0 Å². The van der Waals surface area contributed by atoms with E-state index in [0.29, 0.717) is 19.3 Å². The van der Waals surface area contributed by atoms with Gasteiger partial charge in [-0.3, -0.25) is 4.79 Å². The first kappa shape index (κ1) is 14.8. The fourth-order valence-corrected chi connectivity index (χ4v) is 2.68. The number of ether oxygens (including phenoxy) is 2. The van der Waals surface area contributed by atoms with Crippen molar-refractivity contribution in [2.24, 2.45) is 0 Å². The minimum Gasteiger partial charge on any atom is -0.381 e. The molecule has 110 valence electrons. The van der Waals surface area contributed by atoms with Crippen LogP contribution in [-0.2, 0) is 14.3 Å². The highest BCUT2D eigenvalue weighted by atomic mass is 16.5. The molecule has 1 heterocycles. The van der Waals surface area contributed by atoms with E-state index >= 15 is 0 Å². The van der Waals surface area contributed by atoms with Gasteiger partial charge in [-0.15, -0.1) is 0 Å². The highest BCUT2D eigenvalue weighted by molar-refractivity contribution is 5.78. The fraction of sp³-hybridized carbons (Fsp3) is 0.929. The molecule has 2 aliphatic rings. The Bertz CT molecular complexity index is 261. The van der Waals surface area contributed by atoms with Crippen LogP contribution < -0.4 is 10.6 Å². The summed E-state index contributed by atoms with van der Waals surface area (Å²) in [7, 11) is 0. The Morgan fingerprint density at radius 2 is 1.89 bits per heavy atom. The van der Waals surface area contributed by atoms with Gasteiger partial charge in [0, 0.05) is 25.8 Å². The maximum absolute atomic E-state index is 11.7. The van der Waals surface area contributed by atoms with Crippen LogP contribution in [0.2, 0.25) is 0 Å². The molecule has 1 amide bonds. The first-order chi connectivity index (χ1) is 9.34. The second-order valence-electron chi connectivity index (χ2n) is 5.41. The first-order valence-electron chi connectivity index (χ1n) is 7.54. The standard InChI is InChI=1S/C14H26N2O3/c17-14(16-12-5-8-18-9-6-12)11-15-7-10-19-13-3-1-2-4-13/h12-13,15H,1-11H2,(H,16,17). The molecule has 2 N–H and O–H groups in total. The average molecular weight is 270 g/mol. The van der Waals surface area contributed by atoms with Crippen molar-refractivity contribution < 1.29 is 14.3 Å². The van der Waals surface area contributed by atoms with Crippen molar-refractivity contribution in [1.29, 1.82) is 0 Å². The zero-order chi connectivity index (χ0) is 13.3. The molecular formula is C14H26N2O3. The summed E-state index contributed by atoms with van der Waals surface area (Å²) >= 11 is 0. The zero-order valence-corrected chi connectivity index (χ0v) is 11.7. The van der Waals surface area contributed by atoms with Crippen molar-refractivity contribution >= 4 is 5.91 Å². The first-order valence-corrected chi connectivity index (χ1v) is 7.54. The minimum absolute atomic E-state index is 0.0766. The number of nitrogens with one attached hydrogen (secondary N) is 2. The Morgan fingerprint density at radius 3 is 2.63 bits per heavy atom. The molecule has 2 fully saturated rings. The van der Waals surface area contributed by atoms with E-state index in [0.717, 1.165) is 32.6 Å². The van der Waals surface area contributed by atoms with Crippen LogP contribution >= 0.6 is 0 Å². The summed E-state index contributed by atoms with van der Waals surface area (Å²) in [5.74, 6) is 0.0766. The normalized spacial score (nSPS) is 21.7. The summed E-state index contributed by atoms with van der Waals surface area (Å²) in [5, 5.41) is 6.16. The van der Waals surface area contributed by atoms with E-state index in [9.17, 15) is 4.79 Å². The lowest BCUT2D eigenvalue weighted by Crippen LogP contribution is -2.43. The maximum atomic E-state index is 11.7. The summed E-state index contributed by atoms with van der Waals surface area (Å²) in [6, 6.07) is 0.290. The molecule has 1 aliphatic heterocycles. The third-order valence-corrected chi connectivity index (χ3v) is 3.81. The van der Waals surface area contributed by atoms with Gasteiger partial charge in [0.15, 0.2) is 0 Å². The van der Waals surface area contributed by atoms with Crippen molar-refractivity contribution in [3.05, 3.63) is 0 Å². The van der Waals surface area contributed by atoms with E-state index in [1.807, 2.05) is 0 Å². The second kappa shape index (κ2) is 8.51. The number of hydrogen-bond donors (Lipinski definition) is 2. The molecule has 0 aromatic rings. The molecule has 1 saturated carbocycles. The molecule has 1 aliphatic carbocycles. The number of rotatable bonds is 7. The highest BCUT2D eigenvalue weighted by Crippen LogP contribution is 2.20. The van der Waals surface area contributed by atoms with Gasteiger partial charge in [0.05, 0.1) is 19.3 Å². The third kappa shape index (κ3) is 5.89. The van der Waals surface area contributed by atoms with Gasteiger partial charge in [-0.2, -0.15) is 0 Å². The van der Waals surface area contributed by atoms with E-state index < -0.39 is 0 Å². The van der Waals surface area contributed by atoms with Crippen molar-refractivity contribution in [2.45, 2.75) is 50.7 Å². The van der Waals surface area contributed by atoms with Crippen LogP contribution in [-0.4, -0.2) is 51.0 Å². The topological polar surface area (TPSA) is 59.6 Å². The molecule has 19 heavy (non-hydrogen) atoms. The number of amides is 1. The van der Waals surface area contributed by atoms with Crippen LogP contribution in [0.4, 0.5) is 0 Å². The lowest BCUT2D eigenvalue weighted by atomic mass is 10.1. The Labute approximate surface area is 115 Å². The van der Waals surface area contributed by atoms with E-state index in [1.54, 1.807) is 0 Å². The molecule has 0 aromatic heterocycles. The van der Waals surface area contributed by atoms with Gasteiger partial charge in [0.1, 0.15) is 0 Å². The molecule has 0 unspecified atom stereocenters. The van der Waals surface area contributed by atoms with Crippen LogP contribution in [0.1, 0.15) is 38.5 Å². The lowest BCUT2D eigenvalue weighted by Gasteiger charge is -2.23. The summed E-state index contributed by atoms with van der Waals surface area (Å²) in [4.78, 5) is 11.7. The van der Waals surface area contributed by atoms with Crippen LogP contribution in [0.15, 0.2) is 0 Å². The molecule has 2 rings (SSSR count). The van der Waals surface area contributed by atoms with Crippen molar-refractivity contribution in [3.63, 3.8) is 0 Å². The van der Waals surface area contributed by atoms with Gasteiger partial charge < -0.3 is 20.1 Å². The van der Waals surface area contributed by atoms with E-state index in [1.165, 1.54) is 25.7 Å². The third-order valence-electron chi connectivity index (χ3n) is 3.81. The van der Waals surface area contributed by atoms with Crippen molar-refractivity contribution in [1.82, 2.24) is 10.6 Å². The van der Waals surface area contributed by atoms with Crippen LogP contribution in [0.25, 0.3) is 0 Å². The zero-order valence-electron chi connectivity index (χ0n) is 11.7. The highest BCUT2D eigenvalue weighted by Gasteiger charge is 2.16.